The van der Waals surface area contributed by atoms with Gasteiger partial charge in [-0.1, -0.05) is 246 Å². The normalized spacial score (nSPS) is 14.1. The lowest BCUT2D eigenvalue weighted by Gasteiger charge is -2.24. The first-order valence-corrected chi connectivity index (χ1v) is 26.7. The lowest BCUT2D eigenvalue weighted by atomic mass is 10.0. The molecule has 0 fully saturated rings. The fourth-order valence-electron chi connectivity index (χ4n) is 7.49. The number of esters is 1. The second-order valence-electron chi connectivity index (χ2n) is 17.6. The van der Waals surface area contributed by atoms with E-state index in [1.807, 2.05) is 36.5 Å². The highest BCUT2D eigenvalue weighted by molar-refractivity contribution is 5.77. The van der Waals surface area contributed by atoms with Gasteiger partial charge in [-0.2, -0.15) is 0 Å². The van der Waals surface area contributed by atoms with Gasteiger partial charge in [-0.25, -0.2) is 0 Å². The first-order chi connectivity index (χ1) is 32.0. The molecule has 3 atom stereocenters. The van der Waals surface area contributed by atoms with Crippen molar-refractivity contribution in [2.45, 2.75) is 244 Å². The molecule has 0 aromatic rings. The summed E-state index contributed by atoms with van der Waals surface area (Å²) in [4.78, 5) is 26.1. The monoisotopic (exact) mass is 902 g/mol. The van der Waals surface area contributed by atoms with Gasteiger partial charge in [-0.3, -0.25) is 9.59 Å². The predicted octanol–water partition coefficient (Wildman–Crippen LogP) is 16.3. The van der Waals surface area contributed by atoms with E-state index in [-0.39, 0.29) is 31.3 Å². The van der Waals surface area contributed by atoms with Crippen LogP contribution in [0.3, 0.4) is 0 Å². The van der Waals surface area contributed by atoms with Crippen LogP contribution in [0.4, 0.5) is 0 Å². The minimum atomic E-state index is -0.818. The average molecular weight is 902 g/mol. The zero-order valence-electron chi connectivity index (χ0n) is 42.1. The fourth-order valence-corrected chi connectivity index (χ4v) is 7.49. The lowest BCUT2D eigenvalue weighted by Crippen LogP contribution is -2.46. The summed E-state index contributed by atoms with van der Waals surface area (Å²) in [5.74, 6) is -0.620. The summed E-state index contributed by atoms with van der Waals surface area (Å²) in [7, 11) is 0. The maximum atomic E-state index is 13.2. The SMILES string of the molecule is CC/C=C/C=C/C=C/C=C\CCCCCC(CC(=O)NC(CO)C(O)CCCCCCCCCCCCCCCCCCC)OC(=O)CC/C=C/C/C=C/C/C=C/C/C=C/C/C=C/CC. The molecule has 0 aliphatic heterocycles. The van der Waals surface area contributed by atoms with Crippen molar-refractivity contribution in [1.29, 1.82) is 0 Å². The van der Waals surface area contributed by atoms with E-state index in [9.17, 15) is 19.8 Å². The molecule has 0 saturated carbocycles. The van der Waals surface area contributed by atoms with E-state index < -0.39 is 18.2 Å². The molecule has 6 heteroatoms. The quantitative estimate of drug-likeness (QED) is 0.0245. The number of carbonyl (C=O) groups is 2. The molecule has 1 amide bonds. The molecule has 0 aliphatic carbocycles. The van der Waals surface area contributed by atoms with Crippen molar-refractivity contribution in [2.24, 2.45) is 0 Å². The smallest absolute Gasteiger partial charge is 0.306 e. The van der Waals surface area contributed by atoms with E-state index in [0.29, 0.717) is 19.3 Å². The second-order valence-corrected chi connectivity index (χ2v) is 17.6. The molecule has 0 heterocycles. The van der Waals surface area contributed by atoms with Crippen molar-refractivity contribution < 1.29 is 24.5 Å². The van der Waals surface area contributed by atoms with Gasteiger partial charge >= 0.3 is 5.97 Å². The fraction of sp³-hybridized carbons (Fsp3) is 0.661. The number of carbonyl (C=O) groups excluding carboxylic acids is 2. The Kier molecular flexibility index (Phi) is 48.7. The highest BCUT2D eigenvalue weighted by atomic mass is 16.5. The second kappa shape index (κ2) is 51.5. The van der Waals surface area contributed by atoms with Crippen LogP contribution < -0.4 is 5.32 Å². The van der Waals surface area contributed by atoms with Gasteiger partial charge in [-0.05, 0) is 77.0 Å². The van der Waals surface area contributed by atoms with Gasteiger partial charge in [0.15, 0.2) is 0 Å². The van der Waals surface area contributed by atoms with Crippen LogP contribution in [0.25, 0.3) is 0 Å². The molecule has 370 valence electrons. The Morgan fingerprint density at radius 3 is 1.42 bits per heavy atom. The molecule has 65 heavy (non-hydrogen) atoms. The molecule has 0 bridgehead atoms. The van der Waals surface area contributed by atoms with Crippen molar-refractivity contribution in [3.63, 3.8) is 0 Å². The number of allylic oxidation sites excluding steroid dienone is 18. The predicted molar refractivity (Wildman–Crippen MR) is 282 cm³/mol. The molecule has 0 aliphatic rings. The molecule has 0 radical (unpaired) electrons. The van der Waals surface area contributed by atoms with E-state index in [4.69, 9.17) is 4.74 Å². The number of amides is 1. The van der Waals surface area contributed by atoms with E-state index in [1.165, 1.54) is 89.9 Å². The van der Waals surface area contributed by atoms with Crippen molar-refractivity contribution in [3.05, 3.63) is 109 Å². The van der Waals surface area contributed by atoms with Crippen LogP contribution in [0.15, 0.2) is 109 Å². The van der Waals surface area contributed by atoms with Crippen LogP contribution in [0, 0.1) is 0 Å². The van der Waals surface area contributed by atoms with Crippen LogP contribution in [-0.4, -0.2) is 46.9 Å². The first-order valence-electron chi connectivity index (χ1n) is 26.7. The number of aliphatic hydroxyl groups excluding tert-OH is 2. The molecule has 0 aromatic heterocycles. The van der Waals surface area contributed by atoms with Crippen molar-refractivity contribution in [1.82, 2.24) is 5.32 Å². The molecule has 0 rings (SSSR count). The number of unbranched alkanes of at least 4 members (excludes halogenated alkanes) is 19. The zero-order chi connectivity index (χ0) is 47.4. The average Bonchev–Trinajstić information content (AvgIpc) is 3.30. The van der Waals surface area contributed by atoms with E-state index in [2.05, 4.69) is 99.0 Å². The van der Waals surface area contributed by atoms with Gasteiger partial charge in [-0.15, -0.1) is 0 Å². The summed E-state index contributed by atoms with van der Waals surface area (Å²) in [5, 5.41) is 23.8. The van der Waals surface area contributed by atoms with E-state index in [0.717, 1.165) is 83.5 Å². The number of ether oxygens (including phenoxy) is 1. The standard InChI is InChI=1S/C59H99NO5/c1-4-7-10-13-16-19-22-25-27-29-30-33-36-39-42-45-48-51-57(62)56(54-61)60-58(63)53-55(50-47-44-41-38-35-32-24-21-18-15-12-9-6-3)65-59(64)52-49-46-43-40-37-34-31-28-26-23-20-17-14-11-8-5-2/h8-9,11-12,15,17-18,20-21,24,26,28,32,34-35,37,43,46,55-57,61-62H,4-7,10,13-14,16,19,22-23,25,27,29-31,33,36,38-42,44-45,47-54H2,1-3H3,(H,60,63)/b11-8+,12-9+,18-15+,20-17+,24-21+,28-26+,35-32-,37-34+,46-43+. The summed E-state index contributed by atoms with van der Waals surface area (Å²) >= 11 is 0. The van der Waals surface area contributed by atoms with Crippen molar-refractivity contribution in [3.8, 4) is 0 Å². The zero-order valence-corrected chi connectivity index (χ0v) is 42.1. The highest BCUT2D eigenvalue weighted by Crippen LogP contribution is 2.17. The van der Waals surface area contributed by atoms with Gasteiger partial charge < -0.3 is 20.3 Å². The summed E-state index contributed by atoms with van der Waals surface area (Å²) in [6.45, 7) is 6.20. The van der Waals surface area contributed by atoms with Crippen LogP contribution >= 0.6 is 0 Å². The van der Waals surface area contributed by atoms with Crippen molar-refractivity contribution in [2.75, 3.05) is 6.61 Å². The third-order valence-electron chi connectivity index (χ3n) is 11.5. The largest absolute Gasteiger partial charge is 0.462 e. The summed E-state index contributed by atoms with van der Waals surface area (Å²) < 4.78 is 5.87. The maximum Gasteiger partial charge on any atom is 0.306 e. The number of nitrogens with one attached hydrogen (secondary N) is 1. The third kappa shape index (κ3) is 46.8. The molecule has 0 aromatic carbocycles. The van der Waals surface area contributed by atoms with E-state index in [1.54, 1.807) is 0 Å². The molecular formula is C59H99NO5. The molecule has 6 nitrogen and oxygen atoms in total. The molecule has 3 unspecified atom stereocenters. The first kappa shape index (κ1) is 61.5. The minimum Gasteiger partial charge on any atom is -0.462 e. The number of rotatable bonds is 46. The van der Waals surface area contributed by atoms with Crippen LogP contribution in [0.5, 0.6) is 0 Å². The Hall–Kier alpha value is -3.48. The Labute approximate surface area is 400 Å². The molecule has 0 spiro atoms. The van der Waals surface area contributed by atoms with Crippen LogP contribution in [-0.2, 0) is 14.3 Å². The highest BCUT2D eigenvalue weighted by Gasteiger charge is 2.24. The topological polar surface area (TPSA) is 95.9 Å². The van der Waals surface area contributed by atoms with Gasteiger partial charge in [0.05, 0.1) is 25.2 Å². The number of hydrogen-bond acceptors (Lipinski definition) is 5. The minimum absolute atomic E-state index is 0.0153. The molecule has 3 N–H and O–H groups in total. The summed E-state index contributed by atoms with van der Waals surface area (Å²) in [5.41, 5.74) is 0. The Morgan fingerprint density at radius 1 is 0.477 bits per heavy atom. The Balaban J connectivity index is 4.69. The lowest BCUT2D eigenvalue weighted by molar-refractivity contribution is -0.150. The van der Waals surface area contributed by atoms with Crippen LogP contribution in [0.1, 0.15) is 226 Å². The maximum absolute atomic E-state index is 13.2. The molecular weight excluding hydrogens is 803 g/mol. The third-order valence-corrected chi connectivity index (χ3v) is 11.5. The number of hydrogen-bond donors (Lipinski definition) is 3. The summed E-state index contributed by atoms with van der Waals surface area (Å²) in [6.07, 6.45) is 70.2. The Morgan fingerprint density at radius 2 is 0.908 bits per heavy atom. The van der Waals surface area contributed by atoms with Gasteiger partial charge in [0.1, 0.15) is 6.10 Å². The summed E-state index contributed by atoms with van der Waals surface area (Å²) in [6, 6.07) is -0.737. The van der Waals surface area contributed by atoms with Gasteiger partial charge in [0.2, 0.25) is 5.91 Å². The van der Waals surface area contributed by atoms with Gasteiger partial charge in [0.25, 0.3) is 0 Å². The van der Waals surface area contributed by atoms with Crippen LogP contribution in [0.2, 0.25) is 0 Å². The van der Waals surface area contributed by atoms with E-state index >= 15 is 0 Å². The molecule has 0 saturated heterocycles. The van der Waals surface area contributed by atoms with Crippen molar-refractivity contribution >= 4 is 11.9 Å². The van der Waals surface area contributed by atoms with Gasteiger partial charge in [0, 0.05) is 6.42 Å². The number of aliphatic hydroxyl groups is 2. The Bertz CT molecular complexity index is 1330.